The van der Waals surface area contributed by atoms with Gasteiger partial charge >= 0.3 is 0 Å². The molecule has 0 fully saturated rings. The van der Waals surface area contributed by atoms with Gasteiger partial charge in [0.15, 0.2) is 0 Å². The zero-order valence-electron chi connectivity index (χ0n) is 9.64. The van der Waals surface area contributed by atoms with Gasteiger partial charge in [-0.2, -0.15) is 5.10 Å². The topological polar surface area (TPSA) is 72.9 Å². The van der Waals surface area contributed by atoms with Crippen molar-refractivity contribution in [2.75, 3.05) is 5.32 Å². The average molecular weight is 263 g/mol. The predicted octanol–water partition coefficient (Wildman–Crippen LogP) is 1.79. The van der Waals surface area contributed by atoms with E-state index in [1.165, 1.54) is 0 Å². The molecule has 1 unspecified atom stereocenters. The molecule has 1 amide bonds. The summed E-state index contributed by atoms with van der Waals surface area (Å²) < 4.78 is 1.67. The largest absolute Gasteiger partial charge is 0.324 e. The number of aryl methyl sites for hydroxylation is 1. The predicted molar refractivity (Wildman–Crippen MR) is 68.9 cm³/mol. The van der Waals surface area contributed by atoms with Crippen LogP contribution in [0.25, 0.3) is 5.69 Å². The molecule has 3 N–H and O–H groups in total. The highest BCUT2D eigenvalue weighted by molar-refractivity contribution is 6.32. The van der Waals surface area contributed by atoms with Crippen LogP contribution in [0, 0.1) is 6.92 Å². The monoisotopic (exact) mass is 262 g/mol. The summed E-state index contributed by atoms with van der Waals surface area (Å²) in [6.45, 7) is 1.90. The zero-order valence-corrected chi connectivity index (χ0v) is 10.4. The number of amides is 1. The van der Waals surface area contributed by atoms with Crippen molar-refractivity contribution in [1.82, 2.24) is 9.78 Å². The lowest BCUT2D eigenvalue weighted by Gasteiger charge is -2.08. The number of nitrogens with two attached hydrogens (primary N) is 1. The standard InChI is InChI=1S/C12H11ClN4O/c1-6-2-3-17(16-6)10-5-9-7(4-8(10)13)11(14)12(18)15-9/h2-5,11H,14H2,1H3,(H,15,18). The van der Waals surface area contributed by atoms with Gasteiger partial charge in [0.25, 0.3) is 0 Å². The van der Waals surface area contributed by atoms with E-state index in [2.05, 4.69) is 10.4 Å². The quantitative estimate of drug-likeness (QED) is 0.823. The van der Waals surface area contributed by atoms with Gasteiger partial charge in [-0.1, -0.05) is 11.6 Å². The van der Waals surface area contributed by atoms with E-state index >= 15 is 0 Å². The molecule has 2 heterocycles. The lowest BCUT2D eigenvalue weighted by atomic mass is 10.1. The molecule has 18 heavy (non-hydrogen) atoms. The Bertz CT molecular complexity index is 650. The summed E-state index contributed by atoms with van der Waals surface area (Å²) in [7, 11) is 0. The third-order valence-electron chi connectivity index (χ3n) is 2.96. The minimum atomic E-state index is -0.647. The van der Waals surface area contributed by atoms with Crippen LogP contribution in [0.2, 0.25) is 5.02 Å². The number of hydrogen-bond donors (Lipinski definition) is 2. The van der Waals surface area contributed by atoms with Crippen molar-refractivity contribution in [2.24, 2.45) is 5.73 Å². The number of rotatable bonds is 1. The molecule has 3 rings (SSSR count). The Morgan fingerprint density at radius 2 is 2.28 bits per heavy atom. The van der Waals surface area contributed by atoms with Gasteiger partial charge in [0.2, 0.25) is 5.91 Å². The second-order valence-electron chi connectivity index (χ2n) is 4.26. The molecule has 0 radical (unpaired) electrons. The number of carbonyl (C=O) groups excluding carboxylic acids is 1. The normalized spacial score (nSPS) is 17.7. The lowest BCUT2D eigenvalue weighted by Crippen LogP contribution is -2.19. The van der Waals surface area contributed by atoms with Gasteiger partial charge < -0.3 is 11.1 Å². The number of nitrogens with zero attached hydrogens (tertiary/aromatic N) is 2. The Morgan fingerprint density at radius 3 is 2.94 bits per heavy atom. The van der Waals surface area contributed by atoms with Crippen LogP contribution < -0.4 is 11.1 Å². The number of anilines is 1. The highest BCUT2D eigenvalue weighted by atomic mass is 35.5. The van der Waals surface area contributed by atoms with Gasteiger partial charge in [-0.15, -0.1) is 0 Å². The van der Waals surface area contributed by atoms with Gasteiger partial charge in [0, 0.05) is 17.4 Å². The molecular weight excluding hydrogens is 252 g/mol. The van der Waals surface area contributed by atoms with E-state index in [-0.39, 0.29) is 5.91 Å². The number of fused-ring (bicyclic) bond motifs is 1. The molecule has 0 aliphatic carbocycles. The minimum absolute atomic E-state index is 0.213. The molecule has 0 saturated heterocycles. The summed E-state index contributed by atoms with van der Waals surface area (Å²) in [5.41, 5.74) is 8.79. The van der Waals surface area contributed by atoms with Gasteiger partial charge in [-0.3, -0.25) is 4.79 Å². The Hall–Kier alpha value is -1.85. The minimum Gasteiger partial charge on any atom is -0.324 e. The Kier molecular flexibility index (Phi) is 2.39. The molecule has 2 aromatic rings. The number of benzene rings is 1. The summed E-state index contributed by atoms with van der Waals surface area (Å²) in [4.78, 5) is 11.5. The maximum Gasteiger partial charge on any atom is 0.245 e. The number of nitrogens with one attached hydrogen (secondary N) is 1. The van der Waals surface area contributed by atoms with Crippen LogP contribution in [-0.4, -0.2) is 15.7 Å². The third kappa shape index (κ3) is 1.60. The zero-order chi connectivity index (χ0) is 12.9. The molecule has 6 heteroatoms. The maximum absolute atomic E-state index is 11.5. The molecule has 1 aliphatic heterocycles. The van der Waals surface area contributed by atoms with Crippen molar-refractivity contribution < 1.29 is 4.79 Å². The van der Waals surface area contributed by atoms with Crippen molar-refractivity contribution in [3.05, 3.63) is 40.7 Å². The smallest absolute Gasteiger partial charge is 0.245 e. The van der Waals surface area contributed by atoms with Crippen LogP contribution in [0.3, 0.4) is 0 Å². The van der Waals surface area contributed by atoms with Gasteiger partial charge in [0.1, 0.15) is 6.04 Å². The number of carbonyl (C=O) groups is 1. The van der Waals surface area contributed by atoms with Crippen LogP contribution in [0.5, 0.6) is 0 Å². The van der Waals surface area contributed by atoms with Crippen molar-refractivity contribution in [3.8, 4) is 5.69 Å². The van der Waals surface area contributed by atoms with Crippen LogP contribution >= 0.6 is 11.6 Å². The van der Waals surface area contributed by atoms with Gasteiger partial charge in [-0.25, -0.2) is 4.68 Å². The molecule has 0 bridgehead atoms. The molecule has 1 aromatic heterocycles. The highest BCUT2D eigenvalue weighted by Gasteiger charge is 2.28. The molecule has 0 spiro atoms. The third-order valence-corrected chi connectivity index (χ3v) is 3.27. The van der Waals surface area contributed by atoms with Gasteiger partial charge in [-0.05, 0) is 25.1 Å². The van der Waals surface area contributed by atoms with E-state index in [0.29, 0.717) is 10.7 Å². The highest BCUT2D eigenvalue weighted by Crippen LogP contribution is 2.35. The summed E-state index contributed by atoms with van der Waals surface area (Å²) >= 11 is 6.21. The first-order valence-corrected chi connectivity index (χ1v) is 5.86. The Morgan fingerprint density at radius 1 is 1.50 bits per heavy atom. The van der Waals surface area contributed by atoms with Crippen LogP contribution in [0.4, 0.5) is 5.69 Å². The SMILES string of the molecule is Cc1ccn(-c2cc3c(cc2Cl)C(N)C(=O)N3)n1. The summed E-state index contributed by atoms with van der Waals surface area (Å²) in [6.07, 6.45) is 1.82. The second kappa shape index (κ2) is 3.83. The lowest BCUT2D eigenvalue weighted by molar-refractivity contribution is -0.116. The molecule has 1 aromatic carbocycles. The molecule has 1 aliphatic rings. The molecule has 92 valence electrons. The first-order valence-electron chi connectivity index (χ1n) is 5.49. The fourth-order valence-electron chi connectivity index (χ4n) is 2.02. The van der Waals surface area contributed by atoms with Crippen LogP contribution in [0.1, 0.15) is 17.3 Å². The number of hydrogen-bond acceptors (Lipinski definition) is 3. The average Bonchev–Trinajstić information content (AvgIpc) is 2.86. The van der Waals surface area contributed by atoms with E-state index < -0.39 is 6.04 Å². The number of aromatic nitrogens is 2. The second-order valence-corrected chi connectivity index (χ2v) is 4.67. The summed E-state index contributed by atoms with van der Waals surface area (Å²) in [5.74, 6) is -0.213. The van der Waals surface area contributed by atoms with E-state index in [1.54, 1.807) is 16.8 Å². The first kappa shape index (κ1) is 11.3. The van der Waals surface area contributed by atoms with Crippen molar-refractivity contribution >= 4 is 23.2 Å². The van der Waals surface area contributed by atoms with Crippen molar-refractivity contribution in [2.45, 2.75) is 13.0 Å². The van der Waals surface area contributed by atoms with E-state index in [4.69, 9.17) is 17.3 Å². The molecule has 1 atom stereocenters. The Labute approximate surface area is 109 Å². The fourth-order valence-corrected chi connectivity index (χ4v) is 2.28. The number of halogens is 1. The van der Waals surface area contributed by atoms with Gasteiger partial charge in [0.05, 0.1) is 16.4 Å². The van der Waals surface area contributed by atoms with Crippen LogP contribution in [-0.2, 0) is 4.79 Å². The van der Waals surface area contributed by atoms with Crippen molar-refractivity contribution in [3.63, 3.8) is 0 Å². The molecular formula is C12H11ClN4O. The van der Waals surface area contributed by atoms with E-state index in [9.17, 15) is 4.79 Å². The Balaban J connectivity index is 2.14. The summed E-state index contributed by atoms with van der Waals surface area (Å²) in [5, 5.41) is 7.54. The summed E-state index contributed by atoms with van der Waals surface area (Å²) in [6, 6.07) is 4.74. The van der Waals surface area contributed by atoms with E-state index in [0.717, 1.165) is 16.9 Å². The van der Waals surface area contributed by atoms with E-state index in [1.807, 2.05) is 19.2 Å². The molecule has 5 nitrogen and oxygen atoms in total. The maximum atomic E-state index is 11.5. The fraction of sp³-hybridized carbons (Fsp3) is 0.167. The van der Waals surface area contributed by atoms with Crippen LogP contribution in [0.15, 0.2) is 24.4 Å². The first-order chi connectivity index (χ1) is 8.56. The van der Waals surface area contributed by atoms with Crippen molar-refractivity contribution in [1.29, 1.82) is 0 Å². The molecule has 0 saturated carbocycles.